The second-order valence-corrected chi connectivity index (χ2v) is 17.8. The zero-order chi connectivity index (χ0) is 39.0. The molecule has 55 heavy (non-hydrogen) atoms. The topological polar surface area (TPSA) is 64.1 Å². The largest absolute Gasteiger partial charge is 0.507 e. The number of pyridine rings is 1. The van der Waals surface area contributed by atoms with E-state index in [2.05, 4.69) is 159 Å². The van der Waals surface area contributed by atoms with Crippen molar-refractivity contribution in [1.29, 1.82) is 0 Å². The van der Waals surface area contributed by atoms with Crippen molar-refractivity contribution in [2.45, 2.75) is 86.5 Å². The predicted molar refractivity (Wildman–Crippen MR) is 230 cm³/mol. The molecule has 0 fully saturated rings. The van der Waals surface area contributed by atoms with Crippen molar-refractivity contribution in [1.82, 2.24) is 14.5 Å². The van der Waals surface area contributed by atoms with E-state index in [9.17, 15) is 5.11 Å². The van der Waals surface area contributed by atoms with Crippen molar-refractivity contribution in [2.75, 3.05) is 0 Å². The number of aromatic nitrogens is 3. The van der Waals surface area contributed by atoms with Crippen molar-refractivity contribution in [3.8, 4) is 45.2 Å². The van der Waals surface area contributed by atoms with E-state index in [1.54, 1.807) is 0 Å². The molecule has 0 saturated carbocycles. The molecule has 3 aromatic heterocycles. The molecule has 0 amide bonds. The van der Waals surface area contributed by atoms with Crippen molar-refractivity contribution in [2.24, 2.45) is 5.92 Å². The Kier molecular flexibility index (Phi) is 8.75. The minimum Gasteiger partial charge on any atom is -0.507 e. The lowest BCUT2D eigenvalue weighted by atomic mass is 9.79. The minimum atomic E-state index is -0.297. The van der Waals surface area contributed by atoms with E-state index in [4.69, 9.17) is 14.4 Å². The van der Waals surface area contributed by atoms with E-state index in [0.717, 1.165) is 95.3 Å². The highest BCUT2D eigenvalue weighted by Crippen LogP contribution is 2.46. The molecule has 0 bridgehead atoms. The highest BCUT2D eigenvalue weighted by atomic mass is 16.3. The number of nitrogens with zero attached hydrogens (tertiary/aromatic N) is 3. The van der Waals surface area contributed by atoms with Gasteiger partial charge in [-0.25, -0.2) is 4.98 Å². The van der Waals surface area contributed by atoms with Crippen LogP contribution in [0.1, 0.15) is 83.2 Å². The maximum Gasteiger partial charge on any atom is 0.149 e. The molecule has 0 unspecified atom stereocenters. The average Bonchev–Trinajstić information content (AvgIpc) is 3.69. The lowest BCUT2D eigenvalue weighted by molar-refractivity contribution is 0.446. The summed E-state index contributed by atoms with van der Waals surface area (Å²) >= 11 is 0. The summed E-state index contributed by atoms with van der Waals surface area (Å²) in [6, 6.07) is 34.1. The summed E-state index contributed by atoms with van der Waals surface area (Å²) in [5.74, 6) is 1.50. The van der Waals surface area contributed by atoms with Gasteiger partial charge in [0.2, 0.25) is 0 Å². The second kappa shape index (κ2) is 13.3. The van der Waals surface area contributed by atoms with Gasteiger partial charge in [-0.1, -0.05) is 110 Å². The van der Waals surface area contributed by atoms with Gasteiger partial charge in [0.25, 0.3) is 0 Å². The van der Waals surface area contributed by atoms with Gasteiger partial charge in [0.05, 0.1) is 28.0 Å². The SMILES string of the molecule is Cc1cccc(C)c1-n1c(-c2cc(C(C)(C)C)cc(C(C)(C)C)c2O)nc2c(-c3cc(-c4cc(CC(C)C)ccn4)cc4c3oc3ccccc34)cccc21. The monoisotopic (exact) mass is 725 g/mol. The molecule has 5 heteroatoms. The standard InChI is InChI=1S/C50H51N3O2/c1-29(2)23-32-21-22-51-41(24-32)33-25-37-35-17-11-12-20-43(35)55-47(37)38(26-33)36-18-14-19-42-44(36)52-48(53(42)45-30(3)15-13-16-31(45)4)39-27-34(49(5,6)7)28-40(46(39)54)50(8,9)10/h11-22,24-29,54H,23H2,1-10H3. The van der Waals surface area contributed by atoms with Crippen LogP contribution >= 0.6 is 0 Å². The van der Waals surface area contributed by atoms with Crippen LogP contribution in [0.2, 0.25) is 0 Å². The molecule has 0 radical (unpaired) electrons. The van der Waals surface area contributed by atoms with Crippen LogP contribution in [0.25, 0.3) is 72.4 Å². The summed E-state index contributed by atoms with van der Waals surface area (Å²) in [4.78, 5) is 10.5. The quantitative estimate of drug-likeness (QED) is 0.185. The van der Waals surface area contributed by atoms with Crippen LogP contribution < -0.4 is 0 Å². The molecular weight excluding hydrogens is 675 g/mol. The van der Waals surface area contributed by atoms with Gasteiger partial charge in [-0.05, 0) is 102 Å². The van der Waals surface area contributed by atoms with Gasteiger partial charge in [-0.2, -0.15) is 0 Å². The molecule has 0 atom stereocenters. The maximum atomic E-state index is 12.3. The highest BCUT2D eigenvalue weighted by molar-refractivity contribution is 6.13. The Balaban J connectivity index is 1.49. The van der Waals surface area contributed by atoms with Crippen molar-refractivity contribution < 1.29 is 9.52 Å². The van der Waals surface area contributed by atoms with Gasteiger partial charge >= 0.3 is 0 Å². The summed E-state index contributed by atoms with van der Waals surface area (Å²) in [6.45, 7) is 21.9. The Hall–Kier alpha value is -5.68. The number of aromatic hydroxyl groups is 1. The molecule has 8 rings (SSSR count). The van der Waals surface area contributed by atoms with Gasteiger partial charge in [0, 0.05) is 39.2 Å². The summed E-state index contributed by atoms with van der Waals surface area (Å²) in [6.07, 6.45) is 2.91. The third kappa shape index (κ3) is 6.40. The summed E-state index contributed by atoms with van der Waals surface area (Å²) < 4.78 is 8.99. The number of aryl methyl sites for hydroxylation is 2. The normalized spacial score (nSPS) is 12.5. The van der Waals surface area contributed by atoms with E-state index in [-0.39, 0.29) is 16.6 Å². The van der Waals surface area contributed by atoms with Crippen LogP contribution in [0, 0.1) is 19.8 Å². The molecule has 5 aromatic carbocycles. The predicted octanol–water partition coefficient (Wildman–Crippen LogP) is 13.4. The van der Waals surface area contributed by atoms with E-state index < -0.39 is 0 Å². The molecule has 278 valence electrons. The van der Waals surface area contributed by atoms with Gasteiger partial charge in [0.1, 0.15) is 22.7 Å². The number of fused-ring (bicyclic) bond motifs is 4. The first-order chi connectivity index (χ1) is 26.1. The highest BCUT2D eigenvalue weighted by Gasteiger charge is 2.29. The van der Waals surface area contributed by atoms with Gasteiger partial charge in [-0.15, -0.1) is 0 Å². The van der Waals surface area contributed by atoms with Crippen LogP contribution in [0.4, 0.5) is 0 Å². The first-order valence-corrected chi connectivity index (χ1v) is 19.5. The van der Waals surface area contributed by atoms with Crippen LogP contribution in [-0.4, -0.2) is 19.6 Å². The van der Waals surface area contributed by atoms with Crippen molar-refractivity contribution in [3.63, 3.8) is 0 Å². The number of phenolic OH excluding ortho intramolecular Hbond substituents is 1. The summed E-state index contributed by atoms with van der Waals surface area (Å²) in [7, 11) is 0. The summed E-state index contributed by atoms with van der Waals surface area (Å²) in [5, 5.41) is 14.4. The Bertz CT molecular complexity index is 2750. The van der Waals surface area contributed by atoms with Crippen molar-refractivity contribution >= 4 is 33.0 Å². The average molecular weight is 726 g/mol. The number of hydrogen-bond acceptors (Lipinski definition) is 4. The molecule has 3 heterocycles. The Morgan fingerprint density at radius 3 is 2.16 bits per heavy atom. The number of hydrogen-bond donors (Lipinski definition) is 1. The van der Waals surface area contributed by atoms with Crippen molar-refractivity contribution in [3.05, 3.63) is 131 Å². The fraction of sp³-hybridized carbons (Fsp3) is 0.280. The van der Waals surface area contributed by atoms with Gasteiger partial charge < -0.3 is 9.52 Å². The first kappa shape index (κ1) is 36.3. The molecule has 0 aliphatic carbocycles. The number of furan rings is 1. The van der Waals surface area contributed by atoms with E-state index in [1.165, 1.54) is 5.56 Å². The fourth-order valence-corrected chi connectivity index (χ4v) is 8.10. The Morgan fingerprint density at radius 2 is 1.45 bits per heavy atom. The van der Waals surface area contributed by atoms with Crippen LogP contribution in [0.5, 0.6) is 5.75 Å². The lowest BCUT2D eigenvalue weighted by Gasteiger charge is -2.27. The Morgan fingerprint density at radius 1 is 0.727 bits per heavy atom. The molecule has 0 aliphatic heterocycles. The molecule has 8 aromatic rings. The number of imidazole rings is 1. The number of phenols is 1. The summed E-state index contributed by atoms with van der Waals surface area (Å²) in [5.41, 5.74) is 14.2. The minimum absolute atomic E-state index is 0.156. The van der Waals surface area contributed by atoms with E-state index in [0.29, 0.717) is 11.7 Å². The molecule has 5 nitrogen and oxygen atoms in total. The molecular formula is C50H51N3O2. The Labute approximate surface area is 324 Å². The van der Waals surface area contributed by atoms with Crippen LogP contribution in [-0.2, 0) is 17.3 Å². The first-order valence-electron chi connectivity index (χ1n) is 19.5. The van der Waals surface area contributed by atoms with E-state index in [1.807, 2.05) is 18.3 Å². The number of para-hydroxylation sites is 3. The lowest BCUT2D eigenvalue weighted by Crippen LogP contribution is -2.17. The zero-order valence-corrected chi connectivity index (χ0v) is 33.8. The molecule has 0 spiro atoms. The molecule has 0 saturated heterocycles. The third-order valence-electron chi connectivity index (χ3n) is 10.9. The zero-order valence-electron chi connectivity index (χ0n) is 33.8. The number of benzene rings is 5. The smallest absolute Gasteiger partial charge is 0.149 e. The number of rotatable bonds is 6. The van der Waals surface area contributed by atoms with Crippen LogP contribution in [0.3, 0.4) is 0 Å². The van der Waals surface area contributed by atoms with Gasteiger partial charge in [-0.3, -0.25) is 9.55 Å². The maximum absolute atomic E-state index is 12.3. The molecule has 1 N–H and O–H groups in total. The second-order valence-electron chi connectivity index (χ2n) is 17.8. The molecule has 0 aliphatic rings. The van der Waals surface area contributed by atoms with Gasteiger partial charge in [0.15, 0.2) is 0 Å². The fourth-order valence-electron chi connectivity index (χ4n) is 8.10. The third-order valence-corrected chi connectivity index (χ3v) is 10.9. The van der Waals surface area contributed by atoms with E-state index >= 15 is 0 Å². The van der Waals surface area contributed by atoms with Crippen LogP contribution in [0.15, 0.2) is 108 Å².